The number of amides is 1. The van der Waals surface area contributed by atoms with Crippen LogP contribution in [0.3, 0.4) is 0 Å². The van der Waals surface area contributed by atoms with Gasteiger partial charge in [0.15, 0.2) is 0 Å². The number of likely N-dealkylation sites (tertiary alicyclic amines) is 1. The van der Waals surface area contributed by atoms with E-state index in [-0.39, 0.29) is 5.91 Å². The molecule has 0 atom stereocenters. The summed E-state index contributed by atoms with van der Waals surface area (Å²) in [6, 6.07) is 0.604. The van der Waals surface area contributed by atoms with E-state index in [1.54, 1.807) is 0 Å². The zero-order chi connectivity index (χ0) is 15.2. The molecule has 1 aliphatic rings. The first-order valence-corrected chi connectivity index (χ1v) is 8.14. The van der Waals surface area contributed by atoms with Gasteiger partial charge in [-0.2, -0.15) is 0 Å². The van der Waals surface area contributed by atoms with E-state index >= 15 is 0 Å². The molecule has 0 aliphatic carbocycles. The Morgan fingerprint density at radius 2 is 1.95 bits per heavy atom. The van der Waals surface area contributed by atoms with Crippen molar-refractivity contribution < 1.29 is 4.79 Å². The van der Waals surface area contributed by atoms with Crippen LogP contribution in [0, 0.1) is 0 Å². The number of nitrogens with one attached hydrogen (secondary N) is 1. The standard InChI is InChI=1S/C15H27N5O/c1-4-7-13-16-14(18-17-13)15(21)20-10-8-12(9-11-20)19(5-2)6-3/h12H,4-11H2,1-3H3,(H,16,17,18). The molecular formula is C15H27N5O. The number of carbonyl (C=O) groups is 1. The molecular weight excluding hydrogens is 266 g/mol. The SMILES string of the molecule is CCCc1nc(C(=O)N2CCC(N(CC)CC)CC2)n[nH]1. The number of aromatic amines is 1. The molecule has 1 aromatic heterocycles. The van der Waals surface area contributed by atoms with Crippen molar-refractivity contribution in [1.29, 1.82) is 0 Å². The van der Waals surface area contributed by atoms with Gasteiger partial charge in [0.25, 0.3) is 5.91 Å². The van der Waals surface area contributed by atoms with Crippen molar-refractivity contribution in [2.45, 2.75) is 52.5 Å². The van der Waals surface area contributed by atoms with Crippen molar-refractivity contribution in [2.75, 3.05) is 26.2 Å². The molecule has 0 radical (unpaired) electrons. The average molecular weight is 293 g/mol. The summed E-state index contributed by atoms with van der Waals surface area (Å²) in [6.07, 6.45) is 3.92. The predicted octanol–water partition coefficient (Wildman–Crippen LogP) is 1.70. The first kappa shape index (κ1) is 15.9. The number of rotatable bonds is 6. The van der Waals surface area contributed by atoms with E-state index in [0.29, 0.717) is 11.9 Å². The molecule has 6 heteroatoms. The predicted molar refractivity (Wildman–Crippen MR) is 82.2 cm³/mol. The molecule has 1 amide bonds. The van der Waals surface area contributed by atoms with Crippen molar-refractivity contribution in [3.05, 3.63) is 11.6 Å². The maximum absolute atomic E-state index is 12.4. The Labute approximate surface area is 126 Å². The molecule has 21 heavy (non-hydrogen) atoms. The number of nitrogens with zero attached hydrogens (tertiary/aromatic N) is 4. The molecule has 1 aromatic rings. The average Bonchev–Trinajstić information content (AvgIpc) is 2.97. The van der Waals surface area contributed by atoms with Crippen LogP contribution in [0.2, 0.25) is 0 Å². The highest BCUT2D eigenvalue weighted by molar-refractivity contribution is 5.90. The van der Waals surface area contributed by atoms with Crippen LogP contribution in [0.15, 0.2) is 0 Å². The first-order valence-electron chi connectivity index (χ1n) is 8.14. The number of hydrogen-bond acceptors (Lipinski definition) is 4. The first-order chi connectivity index (χ1) is 10.2. The summed E-state index contributed by atoms with van der Waals surface area (Å²) in [4.78, 5) is 21.1. The zero-order valence-corrected chi connectivity index (χ0v) is 13.4. The van der Waals surface area contributed by atoms with Crippen molar-refractivity contribution in [3.8, 4) is 0 Å². The summed E-state index contributed by atoms with van der Waals surface area (Å²) in [5, 5.41) is 6.91. The van der Waals surface area contributed by atoms with Gasteiger partial charge >= 0.3 is 0 Å². The second kappa shape index (κ2) is 7.54. The van der Waals surface area contributed by atoms with Crippen molar-refractivity contribution >= 4 is 5.91 Å². The van der Waals surface area contributed by atoms with Gasteiger partial charge in [0.2, 0.25) is 5.82 Å². The molecule has 2 rings (SSSR count). The molecule has 118 valence electrons. The molecule has 0 aromatic carbocycles. The molecule has 0 bridgehead atoms. The fourth-order valence-electron chi connectivity index (χ4n) is 3.06. The Bertz CT molecular complexity index is 447. The van der Waals surface area contributed by atoms with Crippen LogP contribution >= 0.6 is 0 Å². The molecule has 0 unspecified atom stereocenters. The number of H-pyrrole nitrogens is 1. The van der Waals surface area contributed by atoms with Gasteiger partial charge < -0.3 is 9.80 Å². The summed E-state index contributed by atoms with van der Waals surface area (Å²) < 4.78 is 0. The van der Waals surface area contributed by atoms with E-state index in [2.05, 4.69) is 40.9 Å². The molecule has 1 saturated heterocycles. The largest absolute Gasteiger partial charge is 0.336 e. The van der Waals surface area contributed by atoms with Gasteiger partial charge in [-0.05, 0) is 32.4 Å². The highest BCUT2D eigenvalue weighted by Gasteiger charge is 2.27. The van der Waals surface area contributed by atoms with Crippen LogP contribution in [0.4, 0.5) is 0 Å². The maximum atomic E-state index is 12.4. The molecule has 1 fully saturated rings. The second-order valence-electron chi connectivity index (χ2n) is 5.60. The quantitative estimate of drug-likeness (QED) is 0.867. The lowest BCUT2D eigenvalue weighted by molar-refractivity contribution is 0.0620. The smallest absolute Gasteiger partial charge is 0.293 e. The number of aryl methyl sites for hydroxylation is 1. The number of hydrogen-bond donors (Lipinski definition) is 1. The Morgan fingerprint density at radius 3 is 2.52 bits per heavy atom. The Balaban J connectivity index is 1.90. The third-order valence-electron chi connectivity index (χ3n) is 4.29. The van der Waals surface area contributed by atoms with E-state index in [0.717, 1.165) is 57.7 Å². The lowest BCUT2D eigenvalue weighted by Crippen LogP contribution is -2.46. The normalized spacial score (nSPS) is 16.7. The minimum Gasteiger partial charge on any atom is -0.336 e. The molecule has 1 N–H and O–H groups in total. The fraction of sp³-hybridized carbons (Fsp3) is 0.800. The Kier molecular flexibility index (Phi) is 5.73. The van der Waals surface area contributed by atoms with E-state index in [1.807, 2.05) is 4.90 Å². The molecule has 0 saturated carbocycles. The Morgan fingerprint density at radius 1 is 1.29 bits per heavy atom. The van der Waals surface area contributed by atoms with Crippen LogP contribution in [0.5, 0.6) is 0 Å². The lowest BCUT2D eigenvalue weighted by Gasteiger charge is -2.37. The summed E-state index contributed by atoms with van der Waals surface area (Å²) in [6.45, 7) is 10.2. The number of piperidine rings is 1. The summed E-state index contributed by atoms with van der Waals surface area (Å²) in [7, 11) is 0. The number of aromatic nitrogens is 3. The highest BCUT2D eigenvalue weighted by atomic mass is 16.2. The summed E-state index contributed by atoms with van der Waals surface area (Å²) in [5.41, 5.74) is 0. The van der Waals surface area contributed by atoms with Gasteiger partial charge in [0.1, 0.15) is 5.82 Å². The summed E-state index contributed by atoms with van der Waals surface area (Å²) >= 11 is 0. The lowest BCUT2D eigenvalue weighted by atomic mass is 10.0. The highest BCUT2D eigenvalue weighted by Crippen LogP contribution is 2.17. The van der Waals surface area contributed by atoms with Crippen LogP contribution in [-0.4, -0.2) is 63.1 Å². The van der Waals surface area contributed by atoms with Crippen LogP contribution in [-0.2, 0) is 6.42 Å². The number of carbonyl (C=O) groups excluding carboxylic acids is 1. The summed E-state index contributed by atoms with van der Waals surface area (Å²) in [5.74, 6) is 1.09. The minimum atomic E-state index is -0.0356. The third-order valence-corrected chi connectivity index (χ3v) is 4.29. The monoisotopic (exact) mass is 293 g/mol. The molecule has 1 aliphatic heterocycles. The van der Waals surface area contributed by atoms with Crippen molar-refractivity contribution in [1.82, 2.24) is 25.0 Å². The fourth-order valence-corrected chi connectivity index (χ4v) is 3.06. The topological polar surface area (TPSA) is 65.1 Å². The van der Waals surface area contributed by atoms with Gasteiger partial charge in [-0.25, -0.2) is 4.98 Å². The van der Waals surface area contributed by atoms with Gasteiger partial charge in [0.05, 0.1) is 0 Å². The second-order valence-corrected chi connectivity index (χ2v) is 5.60. The van der Waals surface area contributed by atoms with E-state index in [4.69, 9.17) is 0 Å². The van der Waals surface area contributed by atoms with E-state index in [1.165, 1.54) is 0 Å². The third kappa shape index (κ3) is 3.81. The van der Waals surface area contributed by atoms with Gasteiger partial charge in [0, 0.05) is 25.6 Å². The van der Waals surface area contributed by atoms with Crippen LogP contribution < -0.4 is 0 Å². The van der Waals surface area contributed by atoms with E-state index < -0.39 is 0 Å². The van der Waals surface area contributed by atoms with Gasteiger partial charge in [-0.3, -0.25) is 9.89 Å². The van der Waals surface area contributed by atoms with Gasteiger partial charge in [-0.15, -0.1) is 5.10 Å². The molecule has 6 nitrogen and oxygen atoms in total. The molecule has 2 heterocycles. The van der Waals surface area contributed by atoms with Crippen LogP contribution in [0.1, 0.15) is 56.5 Å². The van der Waals surface area contributed by atoms with Crippen molar-refractivity contribution in [3.63, 3.8) is 0 Å². The van der Waals surface area contributed by atoms with E-state index in [9.17, 15) is 4.79 Å². The zero-order valence-electron chi connectivity index (χ0n) is 13.4. The Hall–Kier alpha value is -1.43. The van der Waals surface area contributed by atoms with Crippen molar-refractivity contribution in [2.24, 2.45) is 0 Å². The van der Waals surface area contributed by atoms with Crippen LogP contribution in [0.25, 0.3) is 0 Å². The minimum absolute atomic E-state index is 0.0356. The van der Waals surface area contributed by atoms with Gasteiger partial charge in [-0.1, -0.05) is 20.8 Å². The maximum Gasteiger partial charge on any atom is 0.293 e. The molecule has 0 spiro atoms.